The minimum absolute atomic E-state index is 0.0450. The van der Waals surface area contributed by atoms with E-state index < -0.39 is 0 Å². The van der Waals surface area contributed by atoms with Gasteiger partial charge in [-0.1, -0.05) is 26.3 Å². The molecule has 0 saturated heterocycles. The van der Waals surface area contributed by atoms with Gasteiger partial charge in [-0.25, -0.2) is 0 Å². The van der Waals surface area contributed by atoms with Crippen molar-refractivity contribution in [1.29, 1.82) is 0 Å². The first kappa shape index (κ1) is 11.3. The van der Waals surface area contributed by atoms with Gasteiger partial charge in [0.1, 0.15) is 0 Å². The molecule has 1 rings (SSSR count). The molecule has 0 unspecified atom stereocenters. The van der Waals surface area contributed by atoms with Gasteiger partial charge in [-0.3, -0.25) is 4.79 Å². The Kier molecular flexibility index (Phi) is 4.18. The van der Waals surface area contributed by atoms with Gasteiger partial charge in [-0.15, -0.1) is 0 Å². The molecule has 1 aliphatic rings. The van der Waals surface area contributed by atoms with Crippen LogP contribution in [0.15, 0.2) is 12.7 Å². The lowest BCUT2D eigenvalue weighted by Crippen LogP contribution is -2.32. The summed E-state index contributed by atoms with van der Waals surface area (Å²) < 4.78 is 0. The van der Waals surface area contributed by atoms with Gasteiger partial charge in [-0.2, -0.15) is 0 Å². The minimum atomic E-state index is 0.0450. The zero-order chi connectivity index (χ0) is 10.6. The molecule has 1 amide bonds. The molecule has 0 heterocycles. The second-order valence-electron chi connectivity index (χ2n) is 4.55. The molecule has 0 aromatic heterocycles. The smallest absolute Gasteiger partial charge is 0.245 e. The summed E-state index contributed by atoms with van der Waals surface area (Å²) in [6.45, 7) is 6.71. The zero-order valence-corrected chi connectivity index (χ0v) is 9.33. The number of likely N-dealkylation sites (N-methyl/N-ethyl adjacent to an activating group) is 1. The average molecular weight is 195 g/mol. The van der Waals surface area contributed by atoms with Gasteiger partial charge >= 0.3 is 0 Å². The Hall–Kier alpha value is -0.790. The molecule has 0 N–H and O–H groups in total. The molecule has 0 radical (unpaired) electrons. The summed E-state index contributed by atoms with van der Waals surface area (Å²) in [5.41, 5.74) is 0. The van der Waals surface area contributed by atoms with E-state index in [0.717, 1.165) is 12.5 Å². The average Bonchev–Trinajstić information content (AvgIpc) is 2.20. The van der Waals surface area contributed by atoms with Crippen molar-refractivity contribution in [2.24, 2.45) is 11.8 Å². The summed E-state index contributed by atoms with van der Waals surface area (Å²) in [5, 5.41) is 0. The molecule has 2 nitrogen and oxygen atoms in total. The van der Waals surface area contributed by atoms with Crippen LogP contribution in [-0.2, 0) is 4.79 Å². The van der Waals surface area contributed by atoms with Crippen LogP contribution in [0.3, 0.4) is 0 Å². The Labute approximate surface area is 87.0 Å². The number of carbonyl (C=O) groups is 1. The molecule has 1 aliphatic carbocycles. The van der Waals surface area contributed by atoms with E-state index in [9.17, 15) is 4.79 Å². The van der Waals surface area contributed by atoms with Crippen molar-refractivity contribution in [2.75, 3.05) is 13.6 Å². The predicted molar refractivity (Wildman–Crippen MR) is 59.0 cm³/mol. The highest BCUT2D eigenvalue weighted by Gasteiger charge is 2.20. The third-order valence-electron chi connectivity index (χ3n) is 3.22. The van der Waals surface area contributed by atoms with Crippen molar-refractivity contribution in [3.63, 3.8) is 0 Å². The van der Waals surface area contributed by atoms with Crippen molar-refractivity contribution in [1.82, 2.24) is 4.90 Å². The Bertz CT molecular complexity index is 204. The van der Waals surface area contributed by atoms with Crippen LogP contribution in [0, 0.1) is 11.8 Å². The summed E-state index contributed by atoms with van der Waals surface area (Å²) in [4.78, 5) is 13.0. The van der Waals surface area contributed by atoms with Crippen molar-refractivity contribution >= 4 is 5.91 Å². The van der Waals surface area contributed by atoms with E-state index in [2.05, 4.69) is 13.5 Å². The standard InChI is InChI=1S/C12H21NO/c1-4-12(14)13(3)9-11-7-5-10(2)6-8-11/h4,10-11H,1,5-9H2,2-3H3. The fourth-order valence-corrected chi connectivity index (χ4v) is 2.14. The van der Waals surface area contributed by atoms with Gasteiger partial charge in [0.15, 0.2) is 0 Å². The monoisotopic (exact) mass is 195 g/mol. The van der Waals surface area contributed by atoms with E-state index in [1.165, 1.54) is 31.8 Å². The van der Waals surface area contributed by atoms with Crippen LogP contribution in [0.2, 0.25) is 0 Å². The van der Waals surface area contributed by atoms with Crippen LogP contribution in [0.5, 0.6) is 0 Å². The maximum atomic E-state index is 11.3. The highest BCUT2D eigenvalue weighted by atomic mass is 16.2. The van der Waals surface area contributed by atoms with Crippen LogP contribution in [0.25, 0.3) is 0 Å². The fraction of sp³-hybridized carbons (Fsp3) is 0.750. The molecule has 1 saturated carbocycles. The Balaban J connectivity index is 2.30. The molecule has 80 valence electrons. The van der Waals surface area contributed by atoms with Crippen LogP contribution >= 0.6 is 0 Å². The van der Waals surface area contributed by atoms with Gasteiger partial charge < -0.3 is 4.90 Å². The molecule has 1 fully saturated rings. The number of rotatable bonds is 3. The third kappa shape index (κ3) is 3.17. The van der Waals surface area contributed by atoms with E-state index in [0.29, 0.717) is 5.92 Å². The van der Waals surface area contributed by atoms with Crippen molar-refractivity contribution < 1.29 is 4.79 Å². The molecular weight excluding hydrogens is 174 g/mol. The summed E-state index contributed by atoms with van der Waals surface area (Å²) in [7, 11) is 1.86. The lowest BCUT2D eigenvalue weighted by Gasteiger charge is -2.29. The van der Waals surface area contributed by atoms with E-state index in [4.69, 9.17) is 0 Å². The molecule has 2 heteroatoms. The van der Waals surface area contributed by atoms with Gasteiger partial charge in [0.2, 0.25) is 5.91 Å². The molecule has 0 atom stereocenters. The summed E-state index contributed by atoms with van der Waals surface area (Å²) in [6, 6.07) is 0. The molecule has 0 aromatic rings. The number of amides is 1. The third-order valence-corrected chi connectivity index (χ3v) is 3.22. The highest BCUT2D eigenvalue weighted by Crippen LogP contribution is 2.28. The largest absolute Gasteiger partial charge is 0.342 e. The number of hydrogen-bond acceptors (Lipinski definition) is 1. The van der Waals surface area contributed by atoms with Gasteiger partial charge in [0.25, 0.3) is 0 Å². The second-order valence-corrected chi connectivity index (χ2v) is 4.55. The van der Waals surface area contributed by atoms with E-state index in [-0.39, 0.29) is 5.91 Å². The molecule has 0 aliphatic heterocycles. The van der Waals surface area contributed by atoms with E-state index >= 15 is 0 Å². The van der Waals surface area contributed by atoms with Crippen molar-refractivity contribution in [2.45, 2.75) is 32.6 Å². The van der Waals surface area contributed by atoms with Crippen LogP contribution in [0.4, 0.5) is 0 Å². The lowest BCUT2D eigenvalue weighted by atomic mass is 9.83. The summed E-state index contributed by atoms with van der Waals surface area (Å²) in [5.74, 6) is 1.63. The number of hydrogen-bond donors (Lipinski definition) is 0. The Morgan fingerprint density at radius 1 is 1.43 bits per heavy atom. The van der Waals surface area contributed by atoms with Crippen LogP contribution < -0.4 is 0 Å². The molecule has 0 spiro atoms. The maximum absolute atomic E-state index is 11.3. The van der Waals surface area contributed by atoms with Gasteiger partial charge in [0.05, 0.1) is 0 Å². The Morgan fingerprint density at radius 3 is 2.50 bits per heavy atom. The molecular formula is C12H21NO. The van der Waals surface area contributed by atoms with E-state index in [1.54, 1.807) is 4.90 Å². The molecule has 0 aromatic carbocycles. The van der Waals surface area contributed by atoms with Crippen molar-refractivity contribution in [3.05, 3.63) is 12.7 Å². The summed E-state index contributed by atoms with van der Waals surface area (Å²) >= 11 is 0. The van der Waals surface area contributed by atoms with Crippen LogP contribution in [0.1, 0.15) is 32.6 Å². The van der Waals surface area contributed by atoms with Crippen LogP contribution in [-0.4, -0.2) is 24.4 Å². The summed E-state index contributed by atoms with van der Waals surface area (Å²) in [6.07, 6.45) is 6.58. The quantitative estimate of drug-likeness (QED) is 0.633. The zero-order valence-electron chi connectivity index (χ0n) is 9.33. The fourth-order valence-electron chi connectivity index (χ4n) is 2.14. The first-order chi connectivity index (χ1) is 6.63. The topological polar surface area (TPSA) is 20.3 Å². The predicted octanol–water partition coefficient (Wildman–Crippen LogP) is 2.46. The number of carbonyl (C=O) groups excluding carboxylic acids is 1. The molecule has 0 bridgehead atoms. The van der Waals surface area contributed by atoms with Gasteiger partial charge in [0, 0.05) is 13.6 Å². The second kappa shape index (κ2) is 5.18. The van der Waals surface area contributed by atoms with Gasteiger partial charge in [-0.05, 0) is 30.8 Å². The minimum Gasteiger partial charge on any atom is -0.342 e. The van der Waals surface area contributed by atoms with Crippen molar-refractivity contribution in [3.8, 4) is 0 Å². The molecule has 14 heavy (non-hydrogen) atoms. The maximum Gasteiger partial charge on any atom is 0.245 e. The Morgan fingerprint density at radius 2 is 2.00 bits per heavy atom. The SMILES string of the molecule is C=CC(=O)N(C)CC1CCC(C)CC1. The lowest BCUT2D eigenvalue weighted by molar-refractivity contribution is -0.125. The number of nitrogens with zero attached hydrogens (tertiary/aromatic N) is 1. The highest BCUT2D eigenvalue weighted by molar-refractivity contribution is 5.86. The first-order valence-corrected chi connectivity index (χ1v) is 5.51. The van der Waals surface area contributed by atoms with E-state index in [1.807, 2.05) is 7.05 Å². The normalized spacial score (nSPS) is 27.0. The first-order valence-electron chi connectivity index (χ1n) is 5.51.